The SMILES string of the molecule is C=CCCCNC(=O)NCC(=O)O. The number of unbranched alkanes of at least 4 members (excludes halogenated alkanes) is 1. The first-order valence-electron chi connectivity index (χ1n) is 4.01. The molecule has 0 rings (SSSR count). The quantitative estimate of drug-likeness (QED) is 0.413. The summed E-state index contributed by atoms with van der Waals surface area (Å²) in [4.78, 5) is 20.8. The Balaban J connectivity index is 3.30. The van der Waals surface area contributed by atoms with Crippen molar-refractivity contribution in [3.05, 3.63) is 12.7 Å². The summed E-state index contributed by atoms with van der Waals surface area (Å²) >= 11 is 0. The topological polar surface area (TPSA) is 78.4 Å². The van der Waals surface area contributed by atoms with Gasteiger partial charge in [0.1, 0.15) is 6.54 Å². The summed E-state index contributed by atoms with van der Waals surface area (Å²) in [5.74, 6) is -1.05. The zero-order chi connectivity index (χ0) is 10.1. The molecule has 0 spiro atoms. The first-order valence-corrected chi connectivity index (χ1v) is 4.01. The molecule has 5 heteroatoms. The summed E-state index contributed by atoms with van der Waals surface area (Å²) in [6, 6.07) is -0.452. The van der Waals surface area contributed by atoms with Crippen LogP contribution in [0.3, 0.4) is 0 Å². The Bertz CT molecular complexity index is 192. The molecule has 0 aromatic heterocycles. The first kappa shape index (κ1) is 11.5. The van der Waals surface area contributed by atoms with Crippen LogP contribution in [0.15, 0.2) is 12.7 Å². The van der Waals surface area contributed by atoms with Crippen LogP contribution in [-0.4, -0.2) is 30.2 Å². The number of rotatable bonds is 6. The van der Waals surface area contributed by atoms with Gasteiger partial charge < -0.3 is 15.7 Å². The lowest BCUT2D eigenvalue weighted by molar-refractivity contribution is -0.135. The van der Waals surface area contributed by atoms with Gasteiger partial charge in [0.05, 0.1) is 0 Å². The molecule has 0 saturated carbocycles. The van der Waals surface area contributed by atoms with Crippen molar-refractivity contribution in [3.8, 4) is 0 Å². The Hall–Kier alpha value is -1.52. The van der Waals surface area contributed by atoms with Crippen molar-refractivity contribution in [1.29, 1.82) is 0 Å². The van der Waals surface area contributed by atoms with Gasteiger partial charge in [-0.2, -0.15) is 0 Å². The minimum atomic E-state index is -1.05. The number of carboxylic acids is 1. The molecule has 0 aliphatic heterocycles. The Morgan fingerprint density at radius 3 is 2.62 bits per heavy atom. The number of aliphatic carboxylic acids is 1. The average Bonchev–Trinajstić information content (AvgIpc) is 2.09. The molecule has 0 unspecified atom stereocenters. The van der Waals surface area contributed by atoms with E-state index in [0.29, 0.717) is 6.54 Å². The fourth-order valence-corrected chi connectivity index (χ4v) is 0.667. The second-order valence-electron chi connectivity index (χ2n) is 2.43. The maximum absolute atomic E-state index is 10.8. The van der Waals surface area contributed by atoms with Crippen molar-refractivity contribution >= 4 is 12.0 Å². The molecule has 0 heterocycles. The third-order valence-electron chi connectivity index (χ3n) is 1.27. The molecule has 0 aliphatic carbocycles. The monoisotopic (exact) mass is 186 g/mol. The normalized spacial score (nSPS) is 8.92. The molecule has 74 valence electrons. The van der Waals surface area contributed by atoms with E-state index >= 15 is 0 Å². The predicted octanol–water partition coefficient (Wildman–Crippen LogP) is 0.336. The molecule has 0 radical (unpaired) electrons. The maximum Gasteiger partial charge on any atom is 0.323 e. The van der Waals surface area contributed by atoms with E-state index in [1.165, 1.54) is 0 Å². The van der Waals surface area contributed by atoms with Gasteiger partial charge in [-0.3, -0.25) is 4.79 Å². The Morgan fingerprint density at radius 1 is 1.38 bits per heavy atom. The third kappa shape index (κ3) is 8.39. The minimum Gasteiger partial charge on any atom is -0.480 e. The predicted molar refractivity (Wildman–Crippen MR) is 48.5 cm³/mol. The fraction of sp³-hybridized carbons (Fsp3) is 0.500. The molecule has 0 saturated heterocycles. The zero-order valence-electron chi connectivity index (χ0n) is 7.38. The molecule has 0 atom stereocenters. The fourth-order valence-electron chi connectivity index (χ4n) is 0.667. The highest BCUT2D eigenvalue weighted by Crippen LogP contribution is 1.85. The molecule has 0 aromatic rings. The van der Waals surface area contributed by atoms with Crippen molar-refractivity contribution in [2.24, 2.45) is 0 Å². The van der Waals surface area contributed by atoms with Gasteiger partial charge in [-0.05, 0) is 12.8 Å². The van der Waals surface area contributed by atoms with Gasteiger partial charge in [-0.1, -0.05) is 6.08 Å². The summed E-state index contributed by atoms with van der Waals surface area (Å²) in [6.07, 6.45) is 3.40. The minimum absolute atomic E-state index is 0.354. The highest BCUT2D eigenvalue weighted by Gasteiger charge is 2.00. The number of allylic oxidation sites excluding steroid dienone is 1. The molecule has 0 aromatic carbocycles. The number of carbonyl (C=O) groups is 2. The van der Waals surface area contributed by atoms with Crippen molar-refractivity contribution in [2.75, 3.05) is 13.1 Å². The summed E-state index contributed by atoms with van der Waals surface area (Å²) in [7, 11) is 0. The van der Waals surface area contributed by atoms with Gasteiger partial charge in [-0.15, -0.1) is 6.58 Å². The van der Waals surface area contributed by atoms with Crippen LogP contribution in [-0.2, 0) is 4.79 Å². The second-order valence-corrected chi connectivity index (χ2v) is 2.43. The van der Waals surface area contributed by atoms with Gasteiger partial charge in [0, 0.05) is 6.54 Å². The maximum atomic E-state index is 10.8. The molecule has 0 bridgehead atoms. The van der Waals surface area contributed by atoms with Crippen molar-refractivity contribution < 1.29 is 14.7 Å². The van der Waals surface area contributed by atoms with E-state index in [1.54, 1.807) is 6.08 Å². The van der Waals surface area contributed by atoms with E-state index in [4.69, 9.17) is 5.11 Å². The molecule has 13 heavy (non-hydrogen) atoms. The second kappa shape index (κ2) is 7.15. The Morgan fingerprint density at radius 2 is 2.08 bits per heavy atom. The van der Waals surface area contributed by atoms with Crippen LogP contribution >= 0.6 is 0 Å². The van der Waals surface area contributed by atoms with E-state index in [-0.39, 0.29) is 6.54 Å². The standard InChI is InChI=1S/C8H14N2O3/c1-2-3-4-5-9-8(13)10-6-7(11)12/h2H,1,3-6H2,(H,11,12)(H2,9,10,13). The van der Waals surface area contributed by atoms with Crippen LogP contribution in [0.2, 0.25) is 0 Å². The smallest absolute Gasteiger partial charge is 0.323 e. The van der Waals surface area contributed by atoms with E-state index in [0.717, 1.165) is 12.8 Å². The number of carbonyl (C=O) groups excluding carboxylic acids is 1. The number of amides is 2. The van der Waals surface area contributed by atoms with Gasteiger partial charge in [0.25, 0.3) is 0 Å². The Labute approximate surface area is 76.8 Å². The molecule has 0 fully saturated rings. The number of carboxylic acid groups (broad SMARTS) is 1. The lowest BCUT2D eigenvalue weighted by Crippen LogP contribution is -2.38. The van der Waals surface area contributed by atoms with Gasteiger partial charge in [-0.25, -0.2) is 4.79 Å². The molecule has 3 N–H and O–H groups in total. The van der Waals surface area contributed by atoms with E-state index in [2.05, 4.69) is 17.2 Å². The van der Waals surface area contributed by atoms with Crippen molar-refractivity contribution in [2.45, 2.75) is 12.8 Å². The van der Waals surface area contributed by atoms with Gasteiger partial charge in [0.15, 0.2) is 0 Å². The van der Waals surface area contributed by atoms with Crippen LogP contribution in [0.5, 0.6) is 0 Å². The van der Waals surface area contributed by atoms with E-state index in [1.807, 2.05) is 0 Å². The van der Waals surface area contributed by atoms with E-state index < -0.39 is 12.0 Å². The number of urea groups is 1. The highest BCUT2D eigenvalue weighted by atomic mass is 16.4. The zero-order valence-corrected chi connectivity index (χ0v) is 7.38. The van der Waals surface area contributed by atoms with Crippen LogP contribution < -0.4 is 10.6 Å². The average molecular weight is 186 g/mol. The highest BCUT2D eigenvalue weighted by molar-refractivity contribution is 5.79. The molecular formula is C8H14N2O3. The van der Waals surface area contributed by atoms with Gasteiger partial charge in [0.2, 0.25) is 0 Å². The lowest BCUT2D eigenvalue weighted by Gasteiger charge is -2.03. The summed E-state index contributed by atoms with van der Waals surface area (Å²) in [5, 5.41) is 12.9. The molecule has 0 aliphatic rings. The van der Waals surface area contributed by atoms with Gasteiger partial charge >= 0.3 is 12.0 Å². The summed E-state index contributed by atoms with van der Waals surface area (Å²) < 4.78 is 0. The number of hydrogen-bond acceptors (Lipinski definition) is 2. The van der Waals surface area contributed by atoms with E-state index in [9.17, 15) is 9.59 Å². The lowest BCUT2D eigenvalue weighted by atomic mass is 10.3. The molecule has 5 nitrogen and oxygen atoms in total. The summed E-state index contributed by atoms with van der Waals surface area (Å²) in [5.41, 5.74) is 0. The van der Waals surface area contributed by atoms with Crippen LogP contribution in [0.1, 0.15) is 12.8 Å². The van der Waals surface area contributed by atoms with Crippen molar-refractivity contribution in [1.82, 2.24) is 10.6 Å². The third-order valence-corrected chi connectivity index (χ3v) is 1.27. The number of nitrogens with one attached hydrogen (secondary N) is 2. The van der Waals surface area contributed by atoms with Crippen LogP contribution in [0.4, 0.5) is 4.79 Å². The first-order chi connectivity index (χ1) is 6.16. The van der Waals surface area contributed by atoms with Crippen LogP contribution in [0.25, 0.3) is 0 Å². The Kier molecular flexibility index (Phi) is 6.31. The number of hydrogen-bond donors (Lipinski definition) is 3. The van der Waals surface area contributed by atoms with Crippen LogP contribution in [0, 0.1) is 0 Å². The molecular weight excluding hydrogens is 172 g/mol. The largest absolute Gasteiger partial charge is 0.480 e. The summed E-state index contributed by atoms with van der Waals surface area (Å²) in [6.45, 7) is 3.70. The van der Waals surface area contributed by atoms with Crippen molar-refractivity contribution in [3.63, 3.8) is 0 Å². The molecule has 2 amide bonds.